The van der Waals surface area contributed by atoms with Gasteiger partial charge in [-0.15, -0.1) is 0 Å². The predicted octanol–water partition coefficient (Wildman–Crippen LogP) is 1.57. The normalized spacial score (nSPS) is 10.7. The van der Waals surface area contributed by atoms with E-state index in [1.807, 2.05) is 0 Å². The van der Waals surface area contributed by atoms with Crippen molar-refractivity contribution < 1.29 is 31.4 Å². The monoisotopic (exact) mass is 262 g/mol. The summed E-state index contributed by atoms with van der Waals surface area (Å²) in [7, 11) is 0. The van der Waals surface area contributed by atoms with Crippen LogP contribution in [0.15, 0.2) is 0 Å². The Morgan fingerprint density at radius 1 is 1.06 bits per heavy atom. The molecule has 0 saturated heterocycles. The van der Waals surface area contributed by atoms with Crippen molar-refractivity contribution in [1.82, 2.24) is 0 Å². The molecule has 0 fully saturated rings. The molecular weight excluding hydrogens is 244 g/mol. The number of ether oxygens (including phenoxy) is 4. The summed E-state index contributed by atoms with van der Waals surface area (Å²) in [6.45, 7) is 5.34. The average Bonchev–Trinajstić information content (AvgIpc) is 2.15. The Morgan fingerprint density at radius 2 is 1.56 bits per heavy atom. The zero-order chi connectivity index (χ0) is 11.7. The zero-order valence-electron chi connectivity index (χ0n) is 11.9. The number of hydrogen-bond acceptors (Lipinski definition) is 6. The molecule has 0 aromatic rings. The molecular formula is C9H18CaO6. The molecule has 0 aliphatic rings. The molecule has 0 radical (unpaired) electrons. The van der Waals surface area contributed by atoms with Crippen molar-refractivity contribution >= 4 is 50.0 Å². The van der Waals surface area contributed by atoms with Crippen molar-refractivity contribution in [2.75, 3.05) is 19.8 Å². The second-order valence-electron chi connectivity index (χ2n) is 2.61. The summed E-state index contributed by atoms with van der Waals surface area (Å²) in [5.74, 6) is 0. The molecule has 0 N–H and O–H groups in total. The number of hydrogen-bond donors (Lipinski definition) is 0. The fourth-order valence-electron chi connectivity index (χ4n) is 0.695. The first-order chi connectivity index (χ1) is 7.10. The molecule has 7 heteroatoms. The van der Waals surface area contributed by atoms with Crippen molar-refractivity contribution in [3.63, 3.8) is 0 Å². The van der Waals surface area contributed by atoms with Crippen molar-refractivity contribution in [2.24, 2.45) is 0 Å². The van der Waals surface area contributed by atoms with Gasteiger partial charge in [0, 0.05) is 0 Å². The Kier molecular flexibility index (Phi) is 12.8. The molecule has 92 valence electrons. The smallest absolute Gasteiger partial charge is 1.00 e. The molecule has 16 heavy (non-hydrogen) atoms. The van der Waals surface area contributed by atoms with E-state index >= 15 is 0 Å². The van der Waals surface area contributed by atoms with Crippen LogP contribution in [-0.2, 0) is 18.9 Å². The quantitative estimate of drug-likeness (QED) is 0.553. The van der Waals surface area contributed by atoms with E-state index < -0.39 is 18.4 Å². The largest absolute Gasteiger partial charge is 2.00 e. The van der Waals surface area contributed by atoms with Crippen LogP contribution in [-0.4, -0.2) is 76.0 Å². The van der Waals surface area contributed by atoms with E-state index in [9.17, 15) is 9.59 Å². The van der Waals surface area contributed by atoms with Crippen LogP contribution in [0.5, 0.6) is 0 Å². The third kappa shape index (κ3) is 10.3. The third-order valence-electron chi connectivity index (χ3n) is 1.26. The van der Waals surface area contributed by atoms with E-state index in [0.717, 1.165) is 0 Å². The molecule has 6 nitrogen and oxygen atoms in total. The summed E-state index contributed by atoms with van der Waals surface area (Å²) in [6.07, 6.45) is -2.12. The van der Waals surface area contributed by atoms with Gasteiger partial charge in [0.05, 0.1) is 13.2 Å². The molecule has 0 amide bonds. The summed E-state index contributed by atoms with van der Waals surface area (Å²) in [4.78, 5) is 21.6. The summed E-state index contributed by atoms with van der Waals surface area (Å²) in [5.41, 5.74) is 0. The SMILES string of the molecule is CCOC(=O)OCC(C)OC(=O)OCC.[Ca+2].[H-].[H-]. The van der Waals surface area contributed by atoms with Crippen LogP contribution in [0.1, 0.15) is 23.6 Å². The molecule has 0 aromatic carbocycles. The summed E-state index contributed by atoms with van der Waals surface area (Å²) in [5, 5.41) is 0. The van der Waals surface area contributed by atoms with E-state index in [2.05, 4.69) is 14.2 Å². The third-order valence-corrected chi connectivity index (χ3v) is 1.26. The molecule has 0 spiro atoms. The van der Waals surface area contributed by atoms with Gasteiger partial charge in [-0.05, 0) is 20.8 Å². The van der Waals surface area contributed by atoms with Crippen LogP contribution in [0.25, 0.3) is 0 Å². The van der Waals surface area contributed by atoms with Gasteiger partial charge in [0.25, 0.3) is 0 Å². The van der Waals surface area contributed by atoms with E-state index in [4.69, 9.17) is 4.74 Å². The van der Waals surface area contributed by atoms with Gasteiger partial charge >= 0.3 is 50.0 Å². The zero-order valence-corrected chi connectivity index (χ0v) is 12.1. The first-order valence-electron chi connectivity index (χ1n) is 4.73. The Labute approximate surface area is 128 Å². The molecule has 0 aliphatic heterocycles. The predicted molar refractivity (Wildman–Crippen MR) is 58.5 cm³/mol. The van der Waals surface area contributed by atoms with Gasteiger partial charge in [0.2, 0.25) is 0 Å². The molecule has 0 rings (SSSR count). The summed E-state index contributed by atoms with van der Waals surface area (Å²) >= 11 is 0. The van der Waals surface area contributed by atoms with E-state index in [-0.39, 0.29) is 60.4 Å². The van der Waals surface area contributed by atoms with Crippen LogP contribution >= 0.6 is 0 Å². The van der Waals surface area contributed by atoms with Crippen molar-refractivity contribution in [1.29, 1.82) is 0 Å². The first-order valence-corrected chi connectivity index (χ1v) is 4.73. The van der Waals surface area contributed by atoms with Crippen LogP contribution in [0, 0.1) is 0 Å². The Morgan fingerprint density at radius 3 is 2.06 bits per heavy atom. The van der Waals surface area contributed by atoms with E-state index in [1.165, 1.54) is 0 Å². The Bertz CT molecular complexity index is 217. The Hall–Kier alpha value is -0.200. The van der Waals surface area contributed by atoms with Crippen LogP contribution in [0.2, 0.25) is 0 Å². The van der Waals surface area contributed by atoms with Gasteiger partial charge < -0.3 is 21.8 Å². The molecule has 0 heterocycles. The fraction of sp³-hybridized carbons (Fsp3) is 0.778. The maximum absolute atomic E-state index is 10.8. The fourth-order valence-corrected chi connectivity index (χ4v) is 0.695. The molecule has 1 atom stereocenters. The van der Waals surface area contributed by atoms with Crippen molar-refractivity contribution in [3.05, 3.63) is 0 Å². The standard InChI is InChI=1S/C9H16O6.Ca.2H/c1-4-12-8(10)14-6-7(3)15-9(11)13-5-2;;;/h7H,4-6H2,1-3H3;;;/q;+2;2*-1. The van der Waals surface area contributed by atoms with E-state index in [0.29, 0.717) is 0 Å². The second-order valence-corrected chi connectivity index (χ2v) is 2.61. The van der Waals surface area contributed by atoms with Gasteiger partial charge in [-0.3, -0.25) is 0 Å². The Balaban J connectivity index is -0.000000327. The number of carbonyl (C=O) groups excluding carboxylic acids is 2. The molecule has 0 saturated carbocycles. The average molecular weight is 262 g/mol. The topological polar surface area (TPSA) is 71.1 Å². The minimum atomic E-state index is -0.781. The maximum atomic E-state index is 10.8. The summed E-state index contributed by atoms with van der Waals surface area (Å²) in [6, 6.07) is 0. The van der Waals surface area contributed by atoms with Crippen LogP contribution in [0.4, 0.5) is 9.59 Å². The molecule has 0 bridgehead atoms. The van der Waals surface area contributed by atoms with Gasteiger partial charge in [-0.25, -0.2) is 9.59 Å². The first kappa shape index (κ1) is 18.2. The second kappa shape index (κ2) is 11.3. The van der Waals surface area contributed by atoms with Gasteiger partial charge in [-0.2, -0.15) is 0 Å². The van der Waals surface area contributed by atoms with Crippen LogP contribution in [0.3, 0.4) is 0 Å². The minimum absolute atomic E-state index is 0. The van der Waals surface area contributed by atoms with Crippen molar-refractivity contribution in [3.8, 4) is 0 Å². The summed E-state index contributed by atoms with van der Waals surface area (Å²) < 4.78 is 18.4. The van der Waals surface area contributed by atoms with Gasteiger partial charge in [-0.1, -0.05) is 0 Å². The van der Waals surface area contributed by atoms with Gasteiger partial charge in [0.1, 0.15) is 12.7 Å². The number of carbonyl (C=O) groups is 2. The molecule has 0 aromatic heterocycles. The minimum Gasteiger partial charge on any atom is -1.00 e. The maximum Gasteiger partial charge on any atom is 2.00 e. The number of rotatable bonds is 5. The molecule has 1 unspecified atom stereocenters. The van der Waals surface area contributed by atoms with Crippen molar-refractivity contribution in [2.45, 2.75) is 26.9 Å². The van der Waals surface area contributed by atoms with Gasteiger partial charge in [0.15, 0.2) is 0 Å². The molecule has 0 aliphatic carbocycles. The van der Waals surface area contributed by atoms with E-state index in [1.54, 1.807) is 20.8 Å². The van der Waals surface area contributed by atoms with Crippen LogP contribution < -0.4 is 0 Å².